The summed E-state index contributed by atoms with van der Waals surface area (Å²) >= 11 is 0. The molecule has 1 heterocycles. The van der Waals surface area contributed by atoms with Crippen molar-refractivity contribution in [3.05, 3.63) is 34.6 Å². The van der Waals surface area contributed by atoms with Gasteiger partial charge in [0.05, 0.1) is 10.9 Å². The quantitative estimate of drug-likeness (QED) is 0.835. The van der Waals surface area contributed by atoms with Gasteiger partial charge in [0.25, 0.3) is 5.56 Å². The second kappa shape index (κ2) is 5.20. The number of fused-ring (bicyclic) bond motifs is 1. The Labute approximate surface area is 122 Å². The summed E-state index contributed by atoms with van der Waals surface area (Å²) in [6, 6.07) is 7.19. The van der Waals surface area contributed by atoms with Gasteiger partial charge in [-0.15, -0.1) is 0 Å². The molecule has 1 aromatic carbocycles. The van der Waals surface area contributed by atoms with Crippen molar-refractivity contribution in [2.75, 3.05) is 5.43 Å². The van der Waals surface area contributed by atoms with E-state index in [1.165, 1.54) is 4.57 Å². The van der Waals surface area contributed by atoms with Gasteiger partial charge in [0.15, 0.2) is 0 Å². The van der Waals surface area contributed by atoms with E-state index in [0.29, 0.717) is 29.3 Å². The fourth-order valence-corrected chi connectivity index (χ4v) is 2.45. The molecule has 1 amide bonds. The number of aromatic nitrogens is 2. The van der Waals surface area contributed by atoms with E-state index in [9.17, 15) is 9.59 Å². The first-order valence-electron chi connectivity index (χ1n) is 7.17. The van der Waals surface area contributed by atoms with E-state index in [1.807, 2.05) is 26.0 Å². The zero-order valence-corrected chi connectivity index (χ0v) is 12.1. The van der Waals surface area contributed by atoms with E-state index in [2.05, 4.69) is 15.8 Å². The van der Waals surface area contributed by atoms with Crippen molar-refractivity contribution in [3.63, 3.8) is 0 Å². The molecule has 110 valence electrons. The molecule has 0 saturated heterocycles. The molecule has 1 aliphatic carbocycles. The van der Waals surface area contributed by atoms with Gasteiger partial charge in [0.2, 0.25) is 11.9 Å². The van der Waals surface area contributed by atoms with Gasteiger partial charge in [-0.3, -0.25) is 25.0 Å². The zero-order valence-electron chi connectivity index (χ0n) is 12.1. The second-order valence-electron chi connectivity index (χ2n) is 5.44. The van der Waals surface area contributed by atoms with Gasteiger partial charge in [-0.1, -0.05) is 19.1 Å². The van der Waals surface area contributed by atoms with Crippen molar-refractivity contribution >= 4 is 22.8 Å². The van der Waals surface area contributed by atoms with Gasteiger partial charge < -0.3 is 0 Å². The Bertz CT molecular complexity index is 753. The SMILES string of the molecule is CCn1c(NNC(=O)[C@@H]2C[C@H]2C)nc2ccccc2c1=O. The molecule has 0 spiro atoms. The Morgan fingerprint density at radius 3 is 2.81 bits per heavy atom. The molecule has 2 N–H and O–H groups in total. The highest BCUT2D eigenvalue weighted by Gasteiger charge is 2.39. The maximum Gasteiger partial charge on any atom is 0.262 e. The standard InChI is InChI=1S/C15H18N4O2/c1-3-19-14(21)10-6-4-5-7-12(10)16-15(19)18-17-13(20)11-8-9(11)2/h4-7,9,11H,3,8H2,1-2H3,(H,16,18)(H,17,20)/t9-,11-/m1/s1. The van der Waals surface area contributed by atoms with Gasteiger partial charge in [0, 0.05) is 12.5 Å². The average molecular weight is 286 g/mol. The molecule has 2 aromatic rings. The molecule has 21 heavy (non-hydrogen) atoms. The van der Waals surface area contributed by atoms with Crippen molar-refractivity contribution in [2.24, 2.45) is 11.8 Å². The van der Waals surface area contributed by atoms with E-state index in [-0.39, 0.29) is 17.4 Å². The van der Waals surface area contributed by atoms with Crippen LogP contribution in [0.1, 0.15) is 20.3 Å². The van der Waals surface area contributed by atoms with Crippen LogP contribution in [0.4, 0.5) is 5.95 Å². The fourth-order valence-electron chi connectivity index (χ4n) is 2.45. The molecular weight excluding hydrogens is 268 g/mol. The lowest BCUT2D eigenvalue weighted by Crippen LogP contribution is -2.35. The van der Waals surface area contributed by atoms with E-state index >= 15 is 0 Å². The summed E-state index contributed by atoms with van der Waals surface area (Å²) in [5.41, 5.74) is 5.94. The normalized spacial score (nSPS) is 20.3. The van der Waals surface area contributed by atoms with Gasteiger partial charge >= 0.3 is 0 Å². The molecule has 1 aromatic heterocycles. The Hall–Kier alpha value is -2.37. The molecule has 0 unspecified atom stereocenters. The number of carbonyl (C=O) groups excluding carboxylic acids is 1. The zero-order chi connectivity index (χ0) is 15.0. The van der Waals surface area contributed by atoms with E-state index < -0.39 is 0 Å². The van der Waals surface area contributed by atoms with Crippen LogP contribution in [0.15, 0.2) is 29.1 Å². The maximum atomic E-state index is 12.4. The number of benzene rings is 1. The van der Waals surface area contributed by atoms with Crippen LogP contribution in [0.2, 0.25) is 0 Å². The lowest BCUT2D eigenvalue weighted by molar-refractivity contribution is -0.122. The van der Waals surface area contributed by atoms with Crippen LogP contribution in [0.3, 0.4) is 0 Å². The van der Waals surface area contributed by atoms with Crippen LogP contribution < -0.4 is 16.4 Å². The monoisotopic (exact) mass is 286 g/mol. The maximum absolute atomic E-state index is 12.4. The molecule has 0 aliphatic heterocycles. The third-order valence-electron chi connectivity index (χ3n) is 3.92. The number of hydrogen-bond donors (Lipinski definition) is 2. The highest BCUT2D eigenvalue weighted by atomic mass is 16.2. The summed E-state index contributed by atoms with van der Waals surface area (Å²) in [5, 5.41) is 0.576. The summed E-state index contributed by atoms with van der Waals surface area (Å²) < 4.78 is 1.51. The molecule has 0 radical (unpaired) electrons. The van der Waals surface area contributed by atoms with Crippen molar-refractivity contribution in [3.8, 4) is 0 Å². The van der Waals surface area contributed by atoms with E-state index in [0.717, 1.165) is 6.42 Å². The first-order valence-corrected chi connectivity index (χ1v) is 7.17. The van der Waals surface area contributed by atoms with Crippen LogP contribution in [0.25, 0.3) is 10.9 Å². The van der Waals surface area contributed by atoms with Crippen LogP contribution in [0.5, 0.6) is 0 Å². The highest BCUT2D eigenvalue weighted by Crippen LogP contribution is 2.37. The summed E-state index contributed by atoms with van der Waals surface area (Å²) in [7, 11) is 0. The van der Waals surface area contributed by atoms with Crippen LogP contribution in [-0.2, 0) is 11.3 Å². The number of carbonyl (C=O) groups is 1. The minimum Gasteiger partial charge on any atom is -0.277 e. The van der Waals surface area contributed by atoms with Crippen molar-refractivity contribution in [2.45, 2.75) is 26.8 Å². The van der Waals surface area contributed by atoms with Crippen LogP contribution in [-0.4, -0.2) is 15.5 Å². The lowest BCUT2D eigenvalue weighted by atomic mass is 10.2. The molecule has 3 rings (SSSR count). The molecule has 0 bridgehead atoms. The molecular formula is C15H18N4O2. The number of nitrogens with one attached hydrogen (secondary N) is 2. The molecule has 1 saturated carbocycles. The van der Waals surface area contributed by atoms with E-state index in [4.69, 9.17) is 0 Å². The molecule has 6 heteroatoms. The number of hydrazine groups is 1. The number of amides is 1. The highest BCUT2D eigenvalue weighted by molar-refractivity contribution is 5.83. The van der Waals surface area contributed by atoms with Crippen LogP contribution >= 0.6 is 0 Å². The molecule has 1 fully saturated rings. The predicted octanol–water partition coefficient (Wildman–Crippen LogP) is 1.52. The average Bonchev–Trinajstić information content (AvgIpc) is 3.22. The first-order chi connectivity index (χ1) is 10.1. The third kappa shape index (κ3) is 2.49. The largest absolute Gasteiger partial charge is 0.277 e. The molecule has 1 aliphatic rings. The van der Waals surface area contributed by atoms with Gasteiger partial charge in [-0.05, 0) is 31.4 Å². The fraction of sp³-hybridized carbons (Fsp3) is 0.400. The summed E-state index contributed by atoms with van der Waals surface area (Å²) in [6.45, 7) is 4.39. The van der Waals surface area contributed by atoms with Gasteiger partial charge in [-0.25, -0.2) is 4.98 Å². The van der Waals surface area contributed by atoms with Gasteiger partial charge in [0.1, 0.15) is 0 Å². The Morgan fingerprint density at radius 1 is 1.43 bits per heavy atom. The number of hydrogen-bond acceptors (Lipinski definition) is 4. The first kappa shape index (κ1) is 13.6. The lowest BCUT2D eigenvalue weighted by Gasteiger charge is -2.13. The number of anilines is 1. The number of nitrogens with zero attached hydrogens (tertiary/aromatic N) is 2. The number of rotatable bonds is 4. The summed E-state index contributed by atoms with van der Waals surface area (Å²) in [6.07, 6.45) is 0.916. The van der Waals surface area contributed by atoms with Crippen molar-refractivity contribution < 1.29 is 4.79 Å². The Balaban J connectivity index is 1.90. The molecule has 2 atom stereocenters. The molecule has 6 nitrogen and oxygen atoms in total. The van der Waals surface area contributed by atoms with Crippen LogP contribution in [0, 0.1) is 11.8 Å². The van der Waals surface area contributed by atoms with Crippen molar-refractivity contribution in [1.82, 2.24) is 15.0 Å². The Morgan fingerprint density at radius 2 is 2.14 bits per heavy atom. The summed E-state index contributed by atoms with van der Waals surface area (Å²) in [5.74, 6) is 0.819. The minimum atomic E-state index is -0.111. The summed E-state index contributed by atoms with van der Waals surface area (Å²) in [4.78, 5) is 28.7. The number of para-hydroxylation sites is 1. The topological polar surface area (TPSA) is 76.0 Å². The Kier molecular flexibility index (Phi) is 3.37. The van der Waals surface area contributed by atoms with E-state index in [1.54, 1.807) is 12.1 Å². The smallest absolute Gasteiger partial charge is 0.262 e. The predicted molar refractivity (Wildman–Crippen MR) is 80.7 cm³/mol. The van der Waals surface area contributed by atoms with Crippen molar-refractivity contribution in [1.29, 1.82) is 0 Å². The second-order valence-corrected chi connectivity index (χ2v) is 5.44. The van der Waals surface area contributed by atoms with Gasteiger partial charge in [-0.2, -0.15) is 0 Å². The third-order valence-corrected chi connectivity index (χ3v) is 3.92. The minimum absolute atomic E-state index is 0.0486.